The zero-order chi connectivity index (χ0) is 13.8. The smallest absolute Gasteiger partial charge is 0.0931 e. The molecule has 4 heteroatoms. The largest absolute Gasteiger partial charge is 0.291 e. The van der Waals surface area contributed by atoms with Gasteiger partial charge in [0.05, 0.1) is 4.34 Å². The van der Waals surface area contributed by atoms with E-state index in [0.717, 1.165) is 10.9 Å². The first kappa shape index (κ1) is 14.1. The molecular weight excluding hydrogens is 288 g/mol. The van der Waals surface area contributed by atoms with Crippen LogP contribution in [-0.2, 0) is 6.54 Å². The molecule has 2 nitrogen and oxygen atoms in total. The van der Waals surface area contributed by atoms with Crippen LogP contribution in [0.3, 0.4) is 0 Å². The molecule has 0 bridgehead atoms. The van der Waals surface area contributed by atoms with Gasteiger partial charge in [-0.15, -0.1) is 11.3 Å². The predicted molar refractivity (Wildman–Crippen MR) is 85.2 cm³/mol. The van der Waals surface area contributed by atoms with Crippen molar-refractivity contribution in [2.75, 3.05) is 6.54 Å². The predicted octanol–water partition coefficient (Wildman–Crippen LogP) is 4.91. The third kappa shape index (κ3) is 3.40. The van der Waals surface area contributed by atoms with Gasteiger partial charge in [0.15, 0.2) is 0 Å². The maximum absolute atomic E-state index is 6.06. The van der Waals surface area contributed by atoms with Crippen LogP contribution in [0.5, 0.6) is 0 Å². The Balaban J connectivity index is 1.80. The van der Waals surface area contributed by atoms with Crippen molar-refractivity contribution >= 4 is 22.9 Å². The average Bonchev–Trinajstić information content (AvgIpc) is 2.74. The maximum Gasteiger partial charge on any atom is 0.0931 e. The molecule has 1 unspecified atom stereocenters. The second-order valence-corrected chi connectivity index (χ2v) is 7.12. The van der Waals surface area contributed by atoms with Crippen LogP contribution in [0.15, 0.2) is 36.7 Å². The molecule has 0 amide bonds. The van der Waals surface area contributed by atoms with E-state index >= 15 is 0 Å². The van der Waals surface area contributed by atoms with Gasteiger partial charge in [-0.1, -0.05) is 24.4 Å². The summed E-state index contributed by atoms with van der Waals surface area (Å²) in [7, 11) is 0. The van der Waals surface area contributed by atoms with E-state index in [0.29, 0.717) is 6.04 Å². The van der Waals surface area contributed by atoms with Crippen molar-refractivity contribution in [1.82, 2.24) is 9.88 Å². The lowest BCUT2D eigenvalue weighted by Crippen LogP contribution is -2.27. The number of thiophene rings is 1. The number of halogens is 1. The normalized spacial score (nSPS) is 20.8. The number of hydrogen-bond acceptors (Lipinski definition) is 3. The first-order chi connectivity index (χ1) is 9.83. The highest BCUT2D eigenvalue weighted by atomic mass is 35.5. The Kier molecular flexibility index (Phi) is 4.71. The van der Waals surface area contributed by atoms with Gasteiger partial charge >= 0.3 is 0 Å². The standard InChI is InChI=1S/C16H19ClN2S/c17-16-6-5-14(20-16)12-19-11-3-1-2-4-15(19)13-7-9-18-10-8-13/h5-10,15H,1-4,11-12H2. The Hall–Kier alpha value is -0.900. The molecule has 106 valence electrons. The van der Waals surface area contributed by atoms with Gasteiger partial charge in [-0.25, -0.2) is 0 Å². The number of hydrogen-bond donors (Lipinski definition) is 0. The third-order valence-electron chi connectivity index (χ3n) is 3.94. The van der Waals surface area contributed by atoms with Crippen LogP contribution in [0.2, 0.25) is 4.34 Å². The quantitative estimate of drug-likeness (QED) is 0.800. The molecule has 1 atom stereocenters. The Labute approximate surface area is 129 Å². The number of aromatic nitrogens is 1. The molecule has 3 heterocycles. The highest BCUT2D eigenvalue weighted by molar-refractivity contribution is 7.16. The maximum atomic E-state index is 6.06. The van der Waals surface area contributed by atoms with E-state index in [2.05, 4.69) is 28.1 Å². The summed E-state index contributed by atoms with van der Waals surface area (Å²) in [5.41, 5.74) is 1.39. The van der Waals surface area contributed by atoms with Crippen LogP contribution in [0, 0.1) is 0 Å². The lowest BCUT2D eigenvalue weighted by molar-refractivity contribution is 0.194. The van der Waals surface area contributed by atoms with Crippen molar-refractivity contribution in [3.63, 3.8) is 0 Å². The molecule has 2 aromatic heterocycles. The minimum absolute atomic E-state index is 0.515. The summed E-state index contributed by atoms with van der Waals surface area (Å²) in [4.78, 5) is 8.10. The Morgan fingerprint density at radius 2 is 2.00 bits per heavy atom. The van der Waals surface area contributed by atoms with Crippen molar-refractivity contribution < 1.29 is 0 Å². The summed E-state index contributed by atoms with van der Waals surface area (Å²) in [5.74, 6) is 0. The monoisotopic (exact) mass is 306 g/mol. The topological polar surface area (TPSA) is 16.1 Å². The second-order valence-electron chi connectivity index (χ2n) is 5.32. The molecule has 2 aromatic rings. The van der Waals surface area contributed by atoms with E-state index in [-0.39, 0.29) is 0 Å². The number of nitrogens with zero attached hydrogens (tertiary/aromatic N) is 2. The van der Waals surface area contributed by atoms with E-state index in [1.807, 2.05) is 18.5 Å². The molecule has 0 N–H and O–H groups in total. The molecule has 3 rings (SSSR count). The molecule has 0 saturated carbocycles. The van der Waals surface area contributed by atoms with Crippen molar-refractivity contribution in [3.05, 3.63) is 51.4 Å². The second kappa shape index (κ2) is 6.70. The highest BCUT2D eigenvalue weighted by Gasteiger charge is 2.23. The fraction of sp³-hybridized carbons (Fsp3) is 0.438. The lowest BCUT2D eigenvalue weighted by Gasteiger charge is -2.29. The van der Waals surface area contributed by atoms with Gasteiger partial charge in [-0.05, 0) is 49.2 Å². The summed E-state index contributed by atoms with van der Waals surface area (Å²) in [6.45, 7) is 2.17. The number of pyridine rings is 1. The Bertz CT molecular complexity index is 540. The van der Waals surface area contributed by atoms with Crippen LogP contribution in [-0.4, -0.2) is 16.4 Å². The summed E-state index contributed by atoms with van der Waals surface area (Å²) in [6.07, 6.45) is 8.99. The highest BCUT2D eigenvalue weighted by Crippen LogP contribution is 2.32. The molecule has 0 spiro atoms. The van der Waals surface area contributed by atoms with E-state index in [4.69, 9.17) is 11.6 Å². The van der Waals surface area contributed by atoms with Crippen LogP contribution in [0.1, 0.15) is 42.2 Å². The van der Waals surface area contributed by atoms with Crippen molar-refractivity contribution in [2.24, 2.45) is 0 Å². The molecule has 1 saturated heterocycles. The van der Waals surface area contributed by atoms with Gasteiger partial charge in [-0.2, -0.15) is 0 Å². The molecule has 20 heavy (non-hydrogen) atoms. The van der Waals surface area contributed by atoms with E-state index in [1.54, 1.807) is 11.3 Å². The van der Waals surface area contributed by atoms with Gasteiger partial charge in [0.1, 0.15) is 0 Å². The summed E-state index contributed by atoms with van der Waals surface area (Å²) in [6, 6.07) is 8.98. The zero-order valence-electron chi connectivity index (χ0n) is 11.5. The molecule has 0 aliphatic carbocycles. The fourth-order valence-electron chi connectivity index (χ4n) is 2.96. The van der Waals surface area contributed by atoms with Gasteiger partial charge in [0.2, 0.25) is 0 Å². The summed E-state index contributed by atoms with van der Waals surface area (Å²) < 4.78 is 0.885. The van der Waals surface area contributed by atoms with Crippen LogP contribution >= 0.6 is 22.9 Å². The first-order valence-electron chi connectivity index (χ1n) is 7.21. The average molecular weight is 307 g/mol. The van der Waals surface area contributed by atoms with Crippen LogP contribution in [0.4, 0.5) is 0 Å². The minimum Gasteiger partial charge on any atom is -0.291 e. The van der Waals surface area contributed by atoms with Crippen molar-refractivity contribution in [1.29, 1.82) is 0 Å². The number of likely N-dealkylation sites (tertiary alicyclic amines) is 1. The lowest BCUT2D eigenvalue weighted by atomic mass is 10.0. The summed E-state index contributed by atoms with van der Waals surface area (Å²) in [5, 5.41) is 0. The minimum atomic E-state index is 0.515. The van der Waals surface area contributed by atoms with Crippen LogP contribution in [0.25, 0.3) is 0 Å². The van der Waals surface area contributed by atoms with Crippen LogP contribution < -0.4 is 0 Å². The molecular formula is C16H19ClN2S. The molecule has 1 fully saturated rings. The molecule has 1 aliphatic rings. The fourth-order valence-corrected chi connectivity index (χ4v) is 4.07. The number of rotatable bonds is 3. The molecule has 1 aliphatic heterocycles. The Morgan fingerprint density at radius 3 is 2.75 bits per heavy atom. The van der Waals surface area contributed by atoms with Gasteiger partial charge in [0.25, 0.3) is 0 Å². The third-order valence-corrected chi connectivity index (χ3v) is 5.16. The summed E-state index contributed by atoms with van der Waals surface area (Å²) >= 11 is 7.75. The van der Waals surface area contributed by atoms with E-state index < -0.39 is 0 Å². The van der Waals surface area contributed by atoms with Crippen molar-refractivity contribution in [2.45, 2.75) is 38.3 Å². The first-order valence-corrected chi connectivity index (χ1v) is 8.40. The Morgan fingerprint density at radius 1 is 1.15 bits per heavy atom. The van der Waals surface area contributed by atoms with Crippen molar-refractivity contribution in [3.8, 4) is 0 Å². The van der Waals surface area contributed by atoms with Gasteiger partial charge in [-0.3, -0.25) is 9.88 Å². The van der Waals surface area contributed by atoms with E-state index in [9.17, 15) is 0 Å². The molecule has 0 radical (unpaired) electrons. The SMILES string of the molecule is Clc1ccc(CN2CCCCCC2c2ccncc2)s1. The van der Waals surface area contributed by atoms with Gasteiger partial charge < -0.3 is 0 Å². The van der Waals surface area contributed by atoms with Gasteiger partial charge in [0, 0.05) is 29.9 Å². The molecule has 0 aromatic carbocycles. The van der Waals surface area contributed by atoms with E-state index in [1.165, 1.54) is 42.7 Å². The zero-order valence-corrected chi connectivity index (χ0v) is 13.0.